The summed E-state index contributed by atoms with van der Waals surface area (Å²) < 4.78 is 0. The van der Waals surface area contributed by atoms with Crippen LogP contribution in [-0.2, 0) is 16.0 Å². The number of fused-ring (bicyclic) bond motifs is 1. The van der Waals surface area contributed by atoms with Crippen LogP contribution in [-0.4, -0.2) is 42.9 Å². The minimum Gasteiger partial charge on any atom is -0.331 e. The first-order valence-electron chi connectivity index (χ1n) is 9.78. The van der Waals surface area contributed by atoms with Crippen LogP contribution in [0.5, 0.6) is 0 Å². The van der Waals surface area contributed by atoms with Crippen molar-refractivity contribution in [2.24, 2.45) is 0 Å². The molecule has 0 aliphatic carbocycles. The van der Waals surface area contributed by atoms with Crippen molar-refractivity contribution >= 4 is 41.5 Å². The van der Waals surface area contributed by atoms with Crippen molar-refractivity contribution in [2.75, 3.05) is 31.1 Å². The van der Waals surface area contributed by atoms with E-state index in [1.165, 1.54) is 0 Å². The molecule has 5 nitrogen and oxygen atoms in total. The average Bonchev–Trinajstić information content (AvgIpc) is 2.87. The molecule has 29 heavy (non-hydrogen) atoms. The predicted molar refractivity (Wildman–Crippen MR) is 118 cm³/mol. The molecule has 0 aromatic heterocycles. The number of hydrogen-bond acceptors (Lipinski definition) is 3. The highest BCUT2D eigenvalue weighted by molar-refractivity contribution is 6.31. The van der Waals surface area contributed by atoms with Gasteiger partial charge in [-0.3, -0.25) is 9.59 Å². The number of rotatable bonds is 3. The van der Waals surface area contributed by atoms with Crippen LogP contribution in [0, 0.1) is 0 Å². The Bertz CT molecular complexity index is 890. The van der Waals surface area contributed by atoms with Crippen LogP contribution in [0.15, 0.2) is 48.5 Å². The van der Waals surface area contributed by atoms with Gasteiger partial charge in [-0.15, -0.1) is 12.4 Å². The number of aryl methyl sites for hydroxylation is 1. The molecule has 2 aliphatic heterocycles. The zero-order valence-corrected chi connectivity index (χ0v) is 17.7. The van der Waals surface area contributed by atoms with E-state index in [2.05, 4.69) is 5.32 Å². The predicted octanol–water partition coefficient (Wildman–Crippen LogP) is 3.60. The van der Waals surface area contributed by atoms with E-state index in [-0.39, 0.29) is 36.8 Å². The molecule has 0 spiro atoms. The Morgan fingerprint density at radius 1 is 1.10 bits per heavy atom. The minimum atomic E-state index is -0.132. The van der Waals surface area contributed by atoms with E-state index in [4.69, 9.17) is 11.6 Å². The molecule has 1 atom stereocenters. The first kappa shape index (κ1) is 21.6. The summed E-state index contributed by atoms with van der Waals surface area (Å²) in [7, 11) is 0. The molecule has 2 aromatic carbocycles. The summed E-state index contributed by atoms with van der Waals surface area (Å²) in [5.74, 6) is -0.0285. The van der Waals surface area contributed by atoms with Gasteiger partial charge in [0.15, 0.2) is 0 Å². The third-order valence-electron chi connectivity index (χ3n) is 5.54. The zero-order valence-electron chi connectivity index (χ0n) is 16.1. The maximum absolute atomic E-state index is 13.3. The molecule has 2 aromatic rings. The third-order valence-corrected chi connectivity index (χ3v) is 5.89. The maximum atomic E-state index is 13.3. The largest absolute Gasteiger partial charge is 0.331 e. The molecule has 0 bridgehead atoms. The lowest BCUT2D eigenvalue weighted by atomic mass is 10.0. The molecular formula is C22H25Cl2N3O2. The fourth-order valence-electron chi connectivity index (χ4n) is 4.11. The highest BCUT2D eigenvalue weighted by Gasteiger charge is 2.32. The fraction of sp³-hybridized carbons (Fsp3) is 0.364. The van der Waals surface area contributed by atoms with Gasteiger partial charge in [-0.2, -0.15) is 0 Å². The van der Waals surface area contributed by atoms with E-state index >= 15 is 0 Å². The summed E-state index contributed by atoms with van der Waals surface area (Å²) in [5.41, 5.74) is 2.93. The Balaban J connectivity index is 0.00000240. The molecule has 154 valence electrons. The molecule has 1 fully saturated rings. The lowest BCUT2D eigenvalue weighted by Gasteiger charge is -2.38. The van der Waals surface area contributed by atoms with Crippen LogP contribution in [0.3, 0.4) is 0 Å². The van der Waals surface area contributed by atoms with Gasteiger partial charge in [0, 0.05) is 36.8 Å². The van der Waals surface area contributed by atoms with Gasteiger partial charge in [-0.25, -0.2) is 0 Å². The van der Waals surface area contributed by atoms with E-state index in [9.17, 15) is 9.59 Å². The Kier molecular flexibility index (Phi) is 7.17. The van der Waals surface area contributed by atoms with Crippen molar-refractivity contribution in [1.29, 1.82) is 0 Å². The van der Waals surface area contributed by atoms with Crippen LogP contribution in [0.2, 0.25) is 5.02 Å². The topological polar surface area (TPSA) is 52.7 Å². The second-order valence-corrected chi connectivity index (χ2v) is 7.70. The Labute approximate surface area is 182 Å². The van der Waals surface area contributed by atoms with Crippen molar-refractivity contribution in [2.45, 2.75) is 25.3 Å². The molecule has 0 radical (unpaired) electrons. The van der Waals surface area contributed by atoms with E-state index in [1.54, 1.807) is 4.90 Å². The van der Waals surface area contributed by atoms with Gasteiger partial charge in [0.1, 0.15) is 6.54 Å². The molecule has 1 saturated heterocycles. The van der Waals surface area contributed by atoms with Crippen molar-refractivity contribution in [3.63, 3.8) is 0 Å². The van der Waals surface area contributed by atoms with Crippen molar-refractivity contribution < 1.29 is 9.59 Å². The normalized spacial score (nSPS) is 19.2. The van der Waals surface area contributed by atoms with Crippen LogP contribution in [0.4, 0.5) is 5.69 Å². The molecular weight excluding hydrogens is 409 g/mol. The van der Waals surface area contributed by atoms with E-state index < -0.39 is 0 Å². The number of amides is 2. The van der Waals surface area contributed by atoms with Gasteiger partial charge in [0.25, 0.3) is 0 Å². The van der Waals surface area contributed by atoms with Gasteiger partial charge >= 0.3 is 0 Å². The van der Waals surface area contributed by atoms with Crippen molar-refractivity contribution in [3.05, 3.63) is 64.7 Å². The summed E-state index contributed by atoms with van der Waals surface area (Å²) in [4.78, 5) is 29.5. The van der Waals surface area contributed by atoms with Crippen molar-refractivity contribution in [3.8, 4) is 0 Å². The zero-order chi connectivity index (χ0) is 19.5. The average molecular weight is 434 g/mol. The van der Waals surface area contributed by atoms with Gasteiger partial charge in [-0.05, 0) is 36.1 Å². The summed E-state index contributed by atoms with van der Waals surface area (Å²) in [6.07, 6.45) is 2.15. The molecule has 0 saturated carbocycles. The standard InChI is InChI=1S/C22H24ClN3O2.ClH/c23-18-9-3-2-8-17(18)20-14-24-12-13-25(20)22(28)15-26-19-10-4-1-6-16(19)7-5-11-21(26)27;/h1-4,6,8-10,20,24H,5,7,11-15H2;1H. The fourth-order valence-corrected chi connectivity index (χ4v) is 4.37. The van der Waals surface area contributed by atoms with Crippen LogP contribution < -0.4 is 10.2 Å². The third kappa shape index (κ3) is 4.58. The molecule has 2 amide bonds. The highest BCUT2D eigenvalue weighted by Crippen LogP contribution is 2.30. The molecule has 4 rings (SSSR count). The number of anilines is 1. The van der Waals surface area contributed by atoms with Gasteiger partial charge in [-0.1, -0.05) is 48.0 Å². The van der Waals surface area contributed by atoms with Crippen LogP contribution in [0.1, 0.15) is 30.0 Å². The van der Waals surface area contributed by atoms with E-state index in [0.717, 1.165) is 36.2 Å². The number of para-hydroxylation sites is 1. The Morgan fingerprint density at radius 3 is 2.69 bits per heavy atom. The quantitative estimate of drug-likeness (QED) is 0.803. The summed E-state index contributed by atoms with van der Waals surface area (Å²) in [5, 5.41) is 4.01. The second-order valence-electron chi connectivity index (χ2n) is 7.29. The monoisotopic (exact) mass is 433 g/mol. The van der Waals surface area contributed by atoms with Gasteiger partial charge in [0.2, 0.25) is 11.8 Å². The summed E-state index contributed by atoms with van der Waals surface area (Å²) in [6, 6.07) is 15.4. The Morgan fingerprint density at radius 2 is 1.86 bits per heavy atom. The lowest BCUT2D eigenvalue weighted by molar-refractivity contribution is -0.134. The van der Waals surface area contributed by atoms with E-state index in [0.29, 0.717) is 24.5 Å². The molecule has 1 unspecified atom stereocenters. The SMILES string of the molecule is Cl.O=C1CCCc2ccccc2N1CC(=O)N1CCNCC1c1ccccc1Cl. The number of halogens is 2. The van der Waals surface area contributed by atoms with Gasteiger partial charge < -0.3 is 15.1 Å². The number of nitrogens with one attached hydrogen (secondary N) is 1. The number of carbonyl (C=O) groups is 2. The summed E-state index contributed by atoms with van der Waals surface area (Å²) in [6.45, 7) is 2.05. The Hall–Kier alpha value is -2.08. The molecule has 2 aliphatic rings. The number of piperazine rings is 1. The van der Waals surface area contributed by atoms with E-state index in [1.807, 2.05) is 53.4 Å². The second kappa shape index (κ2) is 9.61. The highest BCUT2D eigenvalue weighted by atomic mass is 35.5. The van der Waals surface area contributed by atoms with Crippen LogP contribution >= 0.6 is 24.0 Å². The first-order valence-corrected chi connectivity index (χ1v) is 10.2. The minimum absolute atomic E-state index is 0. The molecule has 1 N–H and O–H groups in total. The summed E-state index contributed by atoms with van der Waals surface area (Å²) >= 11 is 6.40. The smallest absolute Gasteiger partial charge is 0.243 e. The number of nitrogens with zero attached hydrogens (tertiary/aromatic N) is 2. The first-order chi connectivity index (χ1) is 13.6. The van der Waals surface area contributed by atoms with Crippen molar-refractivity contribution in [1.82, 2.24) is 10.2 Å². The van der Waals surface area contributed by atoms with Crippen LogP contribution in [0.25, 0.3) is 0 Å². The molecule has 2 heterocycles. The lowest BCUT2D eigenvalue weighted by Crippen LogP contribution is -2.52. The number of carbonyl (C=O) groups excluding carboxylic acids is 2. The maximum Gasteiger partial charge on any atom is 0.243 e. The number of hydrogen-bond donors (Lipinski definition) is 1. The van der Waals surface area contributed by atoms with Gasteiger partial charge in [0.05, 0.1) is 6.04 Å². The molecule has 7 heteroatoms. The number of benzene rings is 2.